The van der Waals surface area contributed by atoms with E-state index in [1.54, 1.807) is 24.3 Å². The van der Waals surface area contributed by atoms with E-state index in [9.17, 15) is 18.3 Å². The Kier molecular flexibility index (Phi) is 6.32. The number of rotatable bonds is 7. The summed E-state index contributed by atoms with van der Waals surface area (Å²) in [6.07, 6.45) is 1.94. The first-order valence-corrected chi connectivity index (χ1v) is 10.7. The molecule has 0 bridgehead atoms. The Morgan fingerprint density at radius 3 is 2.42 bits per heavy atom. The lowest BCUT2D eigenvalue weighted by Crippen LogP contribution is -2.04. The van der Waals surface area contributed by atoms with Crippen molar-refractivity contribution in [3.63, 3.8) is 0 Å². The number of hydrogen-bond acceptors (Lipinski definition) is 4. The van der Waals surface area contributed by atoms with E-state index < -0.39 is 15.0 Å². The summed E-state index contributed by atoms with van der Waals surface area (Å²) in [6, 6.07) is 11.6. The molecule has 0 saturated carbocycles. The maximum absolute atomic E-state index is 12.0. The minimum Gasteiger partial charge on any atom is -0.478 e. The van der Waals surface area contributed by atoms with E-state index in [0.29, 0.717) is 16.0 Å². The van der Waals surface area contributed by atoms with Crippen LogP contribution in [-0.4, -0.2) is 25.2 Å². The van der Waals surface area contributed by atoms with Crippen molar-refractivity contribution < 1.29 is 18.3 Å². The molecule has 24 heavy (non-hydrogen) atoms. The number of aromatic carboxylic acids is 1. The molecule has 1 N–H and O–H groups in total. The molecule has 0 spiro atoms. The highest BCUT2D eigenvalue weighted by molar-refractivity contribution is 8.13. The second-order valence-electron chi connectivity index (χ2n) is 5.16. The zero-order chi connectivity index (χ0) is 17.7. The lowest BCUT2D eigenvalue weighted by Gasteiger charge is -2.14. The van der Waals surface area contributed by atoms with Crippen molar-refractivity contribution in [1.82, 2.24) is 0 Å². The molecule has 0 aromatic heterocycles. The van der Waals surface area contributed by atoms with Crippen molar-refractivity contribution >= 4 is 37.5 Å². The molecule has 0 amide bonds. The molecule has 0 atom stereocenters. The summed E-state index contributed by atoms with van der Waals surface area (Å²) < 4.78 is 24.1. The molecule has 0 aliphatic heterocycles. The average Bonchev–Trinajstić information content (AvgIpc) is 2.54. The van der Waals surface area contributed by atoms with Crippen LogP contribution in [0.1, 0.15) is 30.1 Å². The second-order valence-corrected chi connectivity index (χ2v) is 8.83. The van der Waals surface area contributed by atoms with E-state index in [1.807, 2.05) is 6.07 Å². The number of unbranched alkanes of at least 4 members (excludes halogenated alkanes) is 1. The Balaban J connectivity index is 2.73. The van der Waals surface area contributed by atoms with E-state index >= 15 is 0 Å². The Bertz CT molecular complexity index is 833. The van der Waals surface area contributed by atoms with Crippen LogP contribution in [0.5, 0.6) is 0 Å². The number of halogens is 1. The summed E-state index contributed by atoms with van der Waals surface area (Å²) in [5.74, 6) is -0.421. The zero-order valence-corrected chi connectivity index (χ0v) is 15.4. The smallest absolute Gasteiger partial charge is 0.335 e. The van der Waals surface area contributed by atoms with Crippen LogP contribution in [0.3, 0.4) is 0 Å². The van der Waals surface area contributed by atoms with Gasteiger partial charge in [0.15, 0.2) is 0 Å². The van der Waals surface area contributed by atoms with Crippen molar-refractivity contribution in [1.29, 1.82) is 0 Å². The normalized spacial score (nSPS) is 11.4. The average molecular weight is 385 g/mol. The zero-order valence-electron chi connectivity index (χ0n) is 13.0. The fraction of sp³-hybridized carbons (Fsp3) is 0.235. The molecule has 2 rings (SSSR count). The molecule has 0 heterocycles. The van der Waals surface area contributed by atoms with E-state index in [0.717, 1.165) is 24.7 Å². The van der Waals surface area contributed by atoms with Crippen LogP contribution < -0.4 is 0 Å². The molecule has 2 aromatic carbocycles. The van der Waals surface area contributed by atoms with Gasteiger partial charge in [0.2, 0.25) is 0 Å². The van der Waals surface area contributed by atoms with Crippen LogP contribution in [0.25, 0.3) is 11.1 Å². The number of benzene rings is 2. The first kappa shape index (κ1) is 18.8. The van der Waals surface area contributed by atoms with Crippen LogP contribution in [0.2, 0.25) is 0 Å². The fourth-order valence-corrected chi connectivity index (χ4v) is 4.64. The van der Waals surface area contributed by atoms with Crippen LogP contribution in [-0.2, 0) is 9.05 Å². The molecule has 0 radical (unpaired) electrons. The minimum atomic E-state index is -4.10. The predicted molar refractivity (Wildman–Crippen MR) is 97.5 cm³/mol. The van der Waals surface area contributed by atoms with Crippen LogP contribution >= 0.6 is 22.4 Å². The lowest BCUT2D eigenvalue weighted by atomic mass is 10.0. The second kappa shape index (κ2) is 8.05. The molecule has 0 unspecified atom stereocenters. The Labute approximate surface area is 150 Å². The van der Waals surface area contributed by atoms with Gasteiger partial charge in [0, 0.05) is 21.1 Å². The van der Waals surface area contributed by atoms with Gasteiger partial charge < -0.3 is 5.11 Å². The minimum absolute atomic E-state index is 0.0899. The monoisotopic (exact) mass is 384 g/mol. The Morgan fingerprint density at radius 2 is 1.88 bits per heavy atom. The molecule has 0 saturated heterocycles. The molecule has 0 aliphatic rings. The maximum atomic E-state index is 12.0. The highest BCUT2D eigenvalue weighted by atomic mass is 35.7. The third-order valence-corrected chi connectivity index (χ3v) is 5.87. The van der Waals surface area contributed by atoms with E-state index in [-0.39, 0.29) is 10.5 Å². The number of hydrogen-bond donors (Lipinski definition) is 1. The third-order valence-electron chi connectivity index (χ3n) is 3.39. The van der Waals surface area contributed by atoms with Crippen molar-refractivity contribution in [3.8, 4) is 11.1 Å². The summed E-state index contributed by atoms with van der Waals surface area (Å²) >= 11 is 1.44. The van der Waals surface area contributed by atoms with Gasteiger partial charge in [0.05, 0.1) is 10.5 Å². The summed E-state index contributed by atoms with van der Waals surface area (Å²) in [5, 5.41) is 9.29. The van der Waals surface area contributed by atoms with Crippen molar-refractivity contribution in [2.75, 3.05) is 5.75 Å². The van der Waals surface area contributed by atoms with Gasteiger partial charge in [-0.05, 0) is 29.9 Å². The predicted octanol–water partition coefficient (Wildman–Crippen LogP) is 4.87. The number of carbonyl (C=O) groups is 1. The highest BCUT2D eigenvalue weighted by Gasteiger charge is 2.23. The molecule has 0 aliphatic carbocycles. The van der Waals surface area contributed by atoms with Crippen LogP contribution in [0.15, 0.2) is 52.3 Å². The van der Waals surface area contributed by atoms with Gasteiger partial charge in [0.1, 0.15) is 0 Å². The maximum Gasteiger partial charge on any atom is 0.335 e. The summed E-state index contributed by atoms with van der Waals surface area (Å²) in [7, 11) is 1.50. The fourth-order valence-electron chi connectivity index (χ4n) is 2.24. The standard InChI is InChI=1S/C17H17ClO4S2/c1-2-3-9-23-14-10-13(17(19)20)11-15(24(18,21)22)16(14)12-7-5-4-6-8-12/h4-8,10-11H,2-3,9H2,1H3,(H,19,20). The largest absolute Gasteiger partial charge is 0.478 e. The molecule has 2 aromatic rings. The summed E-state index contributed by atoms with van der Waals surface area (Å²) in [5.41, 5.74) is 1.05. The van der Waals surface area contributed by atoms with E-state index in [4.69, 9.17) is 10.7 Å². The van der Waals surface area contributed by atoms with Crippen molar-refractivity contribution in [2.24, 2.45) is 0 Å². The molecular formula is C17H17ClO4S2. The summed E-state index contributed by atoms with van der Waals surface area (Å²) in [4.78, 5) is 11.8. The number of carboxylic acids is 1. The number of thioether (sulfide) groups is 1. The van der Waals surface area contributed by atoms with Gasteiger partial charge in [-0.3, -0.25) is 0 Å². The highest BCUT2D eigenvalue weighted by Crippen LogP contribution is 2.39. The quantitative estimate of drug-likeness (QED) is 0.418. The summed E-state index contributed by atoms with van der Waals surface area (Å²) in [6.45, 7) is 2.06. The first-order chi connectivity index (χ1) is 11.3. The Hall–Kier alpha value is -1.50. The number of carboxylic acid groups (broad SMARTS) is 1. The van der Waals surface area contributed by atoms with Gasteiger partial charge in [0.25, 0.3) is 9.05 Å². The van der Waals surface area contributed by atoms with Gasteiger partial charge in [-0.2, -0.15) is 0 Å². The van der Waals surface area contributed by atoms with Gasteiger partial charge in [-0.15, -0.1) is 11.8 Å². The molecule has 0 fully saturated rings. The molecular weight excluding hydrogens is 368 g/mol. The van der Waals surface area contributed by atoms with Crippen molar-refractivity contribution in [2.45, 2.75) is 29.6 Å². The van der Waals surface area contributed by atoms with Crippen LogP contribution in [0, 0.1) is 0 Å². The first-order valence-electron chi connectivity index (χ1n) is 7.38. The Morgan fingerprint density at radius 1 is 1.21 bits per heavy atom. The van der Waals surface area contributed by atoms with Crippen LogP contribution in [0.4, 0.5) is 0 Å². The van der Waals surface area contributed by atoms with Crippen molar-refractivity contribution in [3.05, 3.63) is 48.0 Å². The van der Waals surface area contributed by atoms with Gasteiger partial charge in [-0.25, -0.2) is 13.2 Å². The van der Waals surface area contributed by atoms with Gasteiger partial charge in [-0.1, -0.05) is 43.7 Å². The molecule has 128 valence electrons. The lowest BCUT2D eigenvalue weighted by molar-refractivity contribution is 0.0696. The van der Waals surface area contributed by atoms with Gasteiger partial charge >= 0.3 is 5.97 Å². The molecule has 4 nitrogen and oxygen atoms in total. The van der Waals surface area contributed by atoms with E-state index in [1.165, 1.54) is 17.8 Å². The van der Waals surface area contributed by atoms with E-state index in [2.05, 4.69) is 6.92 Å². The molecule has 7 heteroatoms. The third kappa shape index (κ3) is 4.53. The SMILES string of the molecule is CCCCSc1cc(C(=O)O)cc(S(=O)(=O)Cl)c1-c1ccccc1. The topological polar surface area (TPSA) is 71.4 Å².